The average molecular weight is 261 g/mol. The van der Waals surface area contributed by atoms with Crippen molar-refractivity contribution in [2.75, 3.05) is 31.1 Å². The lowest BCUT2D eigenvalue weighted by molar-refractivity contribution is -0.132. The summed E-state index contributed by atoms with van der Waals surface area (Å²) in [4.78, 5) is 16.1. The van der Waals surface area contributed by atoms with Gasteiger partial charge in [-0.15, -0.1) is 0 Å². The van der Waals surface area contributed by atoms with Gasteiger partial charge in [0.15, 0.2) is 0 Å². The predicted molar refractivity (Wildman–Crippen MR) is 78.4 cm³/mol. The van der Waals surface area contributed by atoms with Crippen LogP contribution in [-0.2, 0) is 4.79 Å². The van der Waals surface area contributed by atoms with E-state index in [-0.39, 0.29) is 5.91 Å². The summed E-state index contributed by atoms with van der Waals surface area (Å²) in [5, 5.41) is 0. The number of carbonyl (C=O) groups is 1. The highest BCUT2D eigenvalue weighted by atomic mass is 16.2. The second-order valence-corrected chi connectivity index (χ2v) is 5.32. The molecule has 1 amide bonds. The first-order valence-corrected chi connectivity index (χ1v) is 6.86. The number of anilines is 1. The minimum absolute atomic E-state index is 0.0561. The van der Waals surface area contributed by atoms with E-state index in [4.69, 9.17) is 5.73 Å². The van der Waals surface area contributed by atoms with Crippen LogP contribution in [0.3, 0.4) is 0 Å². The molecule has 1 aliphatic rings. The minimum atomic E-state index is -0.396. The third kappa shape index (κ3) is 2.89. The van der Waals surface area contributed by atoms with Gasteiger partial charge in [0.25, 0.3) is 0 Å². The van der Waals surface area contributed by atoms with Crippen LogP contribution in [-0.4, -0.2) is 43.0 Å². The SMILES string of the molecule is Cc1cccc(N2CCN(C(=O)[C@@H](C)N)CC2)c1C. The first-order chi connectivity index (χ1) is 9.00. The van der Waals surface area contributed by atoms with Gasteiger partial charge in [-0.2, -0.15) is 0 Å². The molecule has 1 saturated heterocycles. The van der Waals surface area contributed by atoms with Gasteiger partial charge in [0.2, 0.25) is 5.91 Å². The Balaban J connectivity index is 2.04. The van der Waals surface area contributed by atoms with Crippen LogP contribution in [0.15, 0.2) is 18.2 Å². The highest BCUT2D eigenvalue weighted by molar-refractivity contribution is 5.81. The predicted octanol–water partition coefficient (Wildman–Crippen LogP) is 1.30. The van der Waals surface area contributed by atoms with Gasteiger partial charge in [-0.25, -0.2) is 0 Å². The molecule has 1 aromatic rings. The van der Waals surface area contributed by atoms with E-state index in [0.29, 0.717) is 0 Å². The molecule has 0 saturated carbocycles. The van der Waals surface area contributed by atoms with Gasteiger partial charge in [-0.3, -0.25) is 4.79 Å². The fourth-order valence-corrected chi connectivity index (χ4v) is 2.53. The molecular weight excluding hydrogens is 238 g/mol. The number of nitrogens with two attached hydrogens (primary N) is 1. The molecule has 0 radical (unpaired) electrons. The van der Waals surface area contributed by atoms with Crippen LogP contribution in [0.1, 0.15) is 18.1 Å². The summed E-state index contributed by atoms with van der Waals surface area (Å²) in [6.45, 7) is 9.31. The van der Waals surface area contributed by atoms with Crippen LogP contribution in [0.2, 0.25) is 0 Å². The summed E-state index contributed by atoms with van der Waals surface area (Å²) in [6, 6.07) is 5.99. The van der Waals surface area contributed by atoms with E-state index in [0.717, 1.165) is 26.2 Å². The van der Waals surface area contributed by atoms with Crippen molar-refractivity contribution in [1.29, 1.82) is 0 Å². The minimum Gasteiger partial charge on any atom is -0.368 e. The van der Waals surface area contributed by atoms with Crippen molar-refractivity contribution in [2.45, 2.75) is 26.8 Å². The number of hydrogen-bond donors (Lipinski definition) is 1. The molecule has 0 aliphatic carbocycles. The third-order valence-corrected chi connectivity index (χ3v) is 3.90. The van der Waals surface area contributed by atoms with Crippen LogP contribution in [0.4, 0.5) is 5.69 Å². The Labute approximate surface area is 115 Å². The maximum atomic E-state index is 11.8. The quantitative estimate of drug-likeness (QED) is 0.873. The molecule has 4 nitrogen and oxygen atoms in total. The zero-order valence-corrected chi connectivity index (χ0v) is 12.0. The molecule has 2 rings (SSSR count). The van der Waals surface area contributed by atoms with Crippen molar-refractivity contribution in [1.82, 2.24) is 4.90 Å². The van der Waals surface area contributed by atoms with Crippen LogP contribution in [0, 0.1) is 13.8 Å². The summed E-state index contributed by atoms with van der Waals surface area (Å²) < 4.78 is 0. The average Bonchev–Trinajstić information content (AvgIpc) is 2.41. The van der Waals surface area contributed by atoms with Crippen molar-refractivity contribution < 1.29 is 4.79 Å². The highest BCUT2D eigenvalue weighted by Crippen LogP contribution is 2.23. The van der Waals surface area contributed by atoms with Gasteiger partial charge >= 0.3 is 0 Å². The lowest BCUT2D eigenvalue weighted by atomic mass is 10.1. The zero-order valence-electron chi connectivity index (χ0n) is 12.0. The molecular formula is C15H23N3O. The maximum Gasteiger partial charge on any atom is 0.239 e. The van der Waals surface area contributed by atoms with E-state index in [9.17, 15) is 4.79 Å². The topological polar surface area (TPSA) is 49.6 Å². The lowest BCUT2D eigenvalue weighted by Gasteiger charge is -2.37. The van der Waals surface area contributed by atoms with Crippen molar-refractivity contribution in [3.8, 4) is 0 Å². The molecule has 0 spiro atoms. The molecule has 0 bridgehead atoms. The normalized spacial score (nSPS) is 17.5. The van der Waals surface area contributed by atoms with Crippen LogP contribution in [0.25, 0.3) is 0 Å². The molecule has 1 heterocycles. The lowest BCUT2D eigenvalue weighted by Crippen LogP contribution is -2.52. The summed E-state index contributed by atoms with van der Waals surface area (Å²) in [6.07, 6.45) is 0. The Morgan fingerprint density at radius 1 is 1.21 bits per heavy atom. The van der Waals surface area contributed by atoms with Crippen molar-refractivity contribution in [2.24, 2.45) is 5.73 Å². The molecule has 1 atom stereocenters. The van der Waals surface area contributed by atoms with Gasteiger partial charge in [0.1, 0.15) is 0 Å². The summed E-state index contributed by atoms with van der Waals surface area (Å²) in [5.74, 6) is 0.0561. The second kappa shape index (κ2) is 5.61. The van der Waals surface area contributed by atoms with Crippen LogP contribution in [0.5, 0.6) is 0 Å². The van der Waals surface area contributed by atoms with E-state index in [1.165, 1.54) is 16.8 Å². The number of hydrogen-bond acceptors (Lipinski definition) is 3. The van der Waals surface area contributed by atoms with Crippen molar-refractivity contribution >= 4 is 11.6 Å². The Kier molecular flexibility index (Phi) is 4.10. The van der Waals surface area contributed by atoms with Gasteiger partial charge in [-0.1, -0.05) is 12.1 Å². The largest absolute Gasteiger partial charge is 0.368 e. The van der Waals surface area contributed by atoms with E-state index in [2.05, 4.69) is 36.9 Å². The Morgan fingerprint density at radius 2 is 1.84 bits per heavy atom. The smallest absolute Gasteiger partial charge is 0.239 e. The van der Waals surface area contributed by atoms with Crippen LogP contribution >= 0.6 is 0 Å². The number of benzene rings is 1. The maximum absolute atomic E-state index is 11.8. The van der Waals surface area contributed by atoms with Crippen LogP contribution < -0.4 is 10.6 Å². The first kappa shape index (κ1) is 13.9. The second-order valence-electron chi connectivity index (χ2n) is 5.32. The highest BCUT2D eigenvalue weighted by Gasteiger charge is 2.23. The van der Waals surface area contributed by atoms with E-state index >= 15 is 0 Å². The molecule has 2 N–H and O–H groups in total. The fraction of sp³-hybridized carbons (Fsp3) is 0.533. The molecule has 104 valence electrons. The van der Waals surface area contributed by atoms with E-state index in [1.54, 1.807) is 6.92 Å². The Morgan fingerprint density at radius 3 is 2.42 bits per heavy atom. The van der Waals surface area contributed by atoms with Gasteiger partial charge in [-0.05, 0) is 38.0 Å². The molecule has 1 fully saturated rings. The molecule has 4 heteroatoms. The molecule has 1 aliphatic heterocycles. The fourth-order valence-electron chi connectivity index (χ4n) is 2.53. The molecule has 0 aromatic heterocycles. The third-order valence-electron chi connectivity index (χ3n) is 3.90. The number of carbonyl (C=O) groups excluding carboxylic acids is 1. The number of aryl methyl sites for hydroxylation is 1. The Bertz CT molecular complexity index is 462. The number of amides is 1. The van der Waals surface area contributed by atoms with E-state index < -0.39 is 6.04 Å². The summed E-state index contributed by atoms with van der Waals surface area (Å²) in [5.41, 5.74) is 9.58. The molecule has 0 unspecified atom stereocenters. The monoisotopic (exact) mass is 261 g/mol. The van der Waals surface area contributed by atoms with Gasteiger partial charge in [0, 0.05) is 31.9 Å². The summed E-state index contributed by atoms with van der Waals surface area (Å²) >= 11 is 0. The zero-order chi connectivity index (χ0) is 14.0. The number of rotatable bonds is 2. The molecule has 1 aromatic carbocycles. The Hall–Kier alpha value is -1.55. The first-order valence-electron chi connectivity index (χ1n) is 6.86. The number of nitrogens with zero attached hydrogens (tertiary/aromatic N) is 2. The number of piperazine rings is 1. The van der Waals surface area contributed by atoms with Crippen molar-refractivity contribution in [3.05, 3.63) is 29.3 Å². The van der Waals surface area contributed by atoms with Gasteiger partial charge < -0.3 is 15.5 Å². The van der Waals surface area contributed by atoms with E-state index in [1.807, 2.05) is 4.90 Å². The standard InChI is InChI=1S/C15H23N3O/c1-11-5-4-6-14(12(11)2)17-7-9-18(10-8-17)15(19)13(3)16/h4-6,13H,7-10,16H2,1-3H3/t13-/m1/s1. The van der Waals surface area contributed by atoms with Gasteiger partial charge in [0.05, 0.1) is 6.04 Å². The van der Waals surface area contributed by atoms with Crippen molar-refractivity contribution in [3.63, 3.8) is 0 Å². The molecule has 19 heavy (non-hydrogen) atoms. The summed E-state index contributed by atoms with van der Waals surface area (Å²) in [7, 11) is 0.